The maximum atomic E-state index is 11.9. The molecule has 1 aliphatic carbocycles. The highest BCUT2D eigenvalue weighted by atomic mass is 16.2. The predicted octanol–water partition coefficient (Wildman–Crippen LogP) is 3.11. The number of carbonyl (C=O) groups is 1. The van der Waals surface area contributed by atoms with E-state index in [2.05, 4.69) is 33.7 Å². The Balaban J connectivity index is 1.73. The molecule has 22 heavy (non-hydrogen) atoms. The van der Waals surface area contributed by atoms with E-state index in [0.717, 1.165) is 17.7 Å². The molecule has 1 N–H and O–H groups in total. The fourth-order valence-corrected chi connectivity index (χ4v) is 2.71. The van der Waals surface area contributed by atoms with Crippen LogP contribution in [0.1, 0.15) is 46.9 Å². The van der Waals surface area contributed by atoms with Gasteiger partial charge in [-0.05, 0) is 67.5 Å². The Morgan fingerprint density at radius 3 is 2.73 bits per heavy atom. The minimum Gasteiger partial charge on any atom is -0.266 e. The number of nitrogens with zero attached hydrogens (tertiary/aromatic N) is 2. The molecule has 0 aliphatic heterocycles. The number of amides is 1. The van der Waals surface area contributed by atoms with E-state index in [0.29, 0.717) is 5.69 Å². The molecule has 1 heterocycles. The van der Waals surface area contributed by atoms with Gasteiger partial charge >= 0.3 is 0 Å². The molecule has 0 fully saturated rings. The molecule has 1 aliphatic rings. The SMILES string of the molecule is C/C(=N\NC(=O)c1ccccn1)c1ccc2c(c1)CCCC2. The summed E-state index contributed by atoms with van der Waals surface area (Å²) in [6.45, 7) is 1.91. The minimum atomic E-state index is -0.294. The van der Waals surface area contributed by atoms with Crippen molar-refractivity contribution in [3.63, 3.8) is 0 Å². The van der Waals surface area contributed by atoms with Gasteiger partial charge < -0.3 is 0 Å². The van der Waals surface area contributed by atoms with Crippen molar-refractivity contribution in [2.75, 3.05) is 0 Å². The summed E-state index contributed by atoms with van der Waals surface area (Å²) in [5.74, 6) is -0.294. The van der Waals surface area contributed by atoms with E-state index in [1.54, 1.807) is 24.4 Å². The van der Waals surface area contributed by atoms with Crippen LogP contribution in [0.3, 0.4) is 0 Å². The van der Waals surface area contributed by atoms with E-state index in [9.17, 15) is 4.79 Å². The van der Waals surface area contributed by atoms with E-state index in [1.807, 2.05) is 6.92 Å². The lowest BCUT2D eigenvalue weighted by molar-refractivity contribution is 0.0950. The minimum absolute atomic E-state index is 0.294. The molecule has 3 rings (SSSR count). The molecule has 2 aromatic rings. The van der Waals surface area contributed by atoms with Crippen LogP contribution in [-0.2, 0) is 12.8 Å². The molecule has 4 nitrogen and oxygen atoms in total. The maximum Gasteiger partial charge on any atom is 0.289 e. The van der Waals surface area contributed by atoms with E-state index in [4.69, 9.17) is 0 Å². The normalized spacial score (nSPS) is 14.3. The lowest BCUT2D eigenvalue weighted by Crippen LogP contribution is -2.20. The molecular formula is C18H19N3O. The zero-order valence-corrected chi connectivity index (χ0v) is 12.7. The Morgan fingerprint density at radius 2 is 1.95 bits per heavy atom. The molecule has 1 amide bonds. The first-order chi connectivity index (χ1) is 10.7. The first kappa shape index (κ1) is 14.4. The number of hydrazone groups is 1. The van der Waals surface area contributed by atoms with Crippen molar-refractivity contribution in [2.45, 2.75) is 32.6 Å². The van der Waals surface area contributed by atoms with Crippen molar-refractivity contribution in [1.29, 1.82) is 0 Å². The van der Waals surface area contributed by atoms with Crippen LogP contribution in [0, 0.1) is 0 Å². The van der Waals surface area contributed by atoms with Crippen LogP contribution in [0.15, 0.2) is 47.7 Å². The Bertz CT molecular complexity index is 708. The van der Waals surface area contributed by atoms with Gasteiger partial charge in [0.05, 0.1) is 5.71 Å². The third-order valence-corrected chi connectivity index (χ3v) is 3.99. The zero-order valence-electron chi connectivity index (χ0n) is 12.7. The summed E-state index contributed by atoms with van der Waals surface area (Å²) in [6, 6.07) is 11.7. The number of aryl methyl sites for hydroxylation is 2. The van der Waals surface area contributed by atoms with Crippen molar-refractivity contribution in [3.05, 3.63) is 65.0 Å². The molecule has 0 saturated heterocycles. The highest BCUT2D eigenvalue weighted by molar-refractivity contribution is 6.00. The van der Waals surface area contributed by atoms with Gasteiger partial charge in [0, 0.05) is 6.20 Å². The summed E-state index contributed by atoms with van der Waals surface area (Å²) in [6.07, 6.45) is 6.43. The number of hydrogen-bond acceptors (Lipinski definition) is 3. The van der Waals surface area contributed by atoms with Crippen molar-refractivity contribution >= 4 is 11.6 Å². The second kappa shape index (κ2) is 6.52. The fraction of sp³-hybridized carbons (Fsp3) is 0.278. The molecule has 1 aromatic heterocycles. The Kier molecular flexibility index (Phi) is 4.28. The van der Waals surface area contributed by atoms with Crippen LogP contribution >= 0.6 is 0 Å². The number of fused-ring (bicyclic) bond motifs is 1. The summed E-state index contributed by atoms with van der Waals surface area (Å²) in [7, 11) is 0. The second-order valence-corrected chi connectivity index (χ2v) is 5.54. The number of carbonyl (C=O) groups excluding carboxylic acids is 1. The summed E-state index contributed by atoms with van der Waals surface area (Å²) >= 11 is 0. The van der Waals surface area contributed by atoms with Gasteiger partial charge in [-0.25, -0.2) is 5.43 Å². The topological polar surface area (TPSA) is 54.4 Å². The van der Waals surface area contributed by atoms with Gasteiger partial charge in [0.15, 0.2) is 0 Å². The smallest absolute Gasteiger partial charge is 0.266 e. The van der Waals surface area contributed by atoms with Gasteiger partial charge in [-0.15, -0.1) is 0 Å². The van der Waals surface area contributed by atoms with Crippen LogP contribution < -0.4 is 5.43 Å². The van der Waals surface area contributed by atoms with Gasteiger partial charge in [-0.2, -0.15) is 5.10 Å². The van der Waals surface area contributed by atoms with Gasteiger partial charge in [-0.3, -0.25) is 9.78 Å². The summed E-state index contributed by atoms with van der Waals surface area (Å²) in [5, 5.41) is 4.20. The lowest BCUT2D eigenvalue weighted by atomic mass is 9.90. The summed E-state index contributed by atoms with van der Waals surface area (Å²) in [5.41, 5.74) is 7.65. The average molecular weight is 293 g/mol. The molecule has 1 aromatic carbocycles. The van der Waals surface area contributed by atoms with Crippen molar-refractivity contribution in [3.8, 4) is 0 Å². The molecule has 4 heteroatoms. The fourth-order valence-electron chi connectivity index (χ4n) is 2.71. The van der Waals surface area contributed by atoms with Crippen LogP contribution in [0.4, 0.5) is 0 Å². The van der Waals surface area contributed by atoms with Crippen molar-refractivity contribution in [1.82, 2.24) is 10.4 Å². The summed E-state index contributed by atoms with van der Waals surface area (Å²) < 4.78 is 0. The lowest BCUT2D eigenvalue weighted by Gasteiger charge is -2.16. The van der Waals surface area contributed by atoms with Gasteiger partial charge in [0.25, 0.3) is 5.91 Å². The zero-order chi connectivity index (χ0) is 15.4. The molecule has 0 atom stereocenters. The number of nitrogens with one attached hydrogen (secondary N) is 1. The molecule has 0 radical (unpaired) electrons. The first-order valence-corrected chi connectivity index (χ1v) is 7.62. The maximum absolute atomic E-state index is 11.9. The van der Waals surface area contributed by atoms with Crippen LogP contribution in [0.2, 0.25) is 0 Å². The molecular weight excluding hydrogens is 274 g/mol. The molecule has 0 saturated carbocycles. The van der Waals surface area contributed by atoms with Crippen LogP contribution in [0.5, 0.6) is 0 Å². The molecule has 0 spiro atoms. The Labute approximate surface area is 130 Å². The van der Waals surface area contributed by atoms with E-state index < -0.39 is 0 Å². The number of aromatic nitrogens is 1. The van der Waals surface area contributed by atoms with E-state index in [1.165, 1.54) is 30.4 Å². The highest BCUT2D eigenvalue weighted by Crippen LogP contribution is 2.22. The van der Waals surface area contributed by atoms with Gasteiger partial charge in [0.1, 0.15) is 5.69 Å². The highest BCUT2D eigenvalue weighted by Gasteiger charge is 2.11. The number of hydrogen-bond donors (Lipinski definition) is 1. The molecule has 112 valence electrons. The number of benzene rings is 1. The van der Waals surface area contributed by atoms with Crippen LogP contribution in [0.25, 0.3) is 0 Å². The van der Waals surface area contributed by atoms with Crippen LogP contribution in [-0.4, -0.2) is 16.6 Å². The summed E-state index contributed by atoms with van der Waals surface area (Å²) in [4.78, 5) is 15.9. The van der Waals surface area contributed by atoms with Crippen molar-refractivity contribution < 1.29 is 4.79 Å². The largest absolute Gasteiger partial charge is 0.289 e. The molecule has 0 unspecified atom stereocenters. The first-order valence-electron chi connectivity index (χ1n) is 7.62. The number of rotatable bonds is 3. The van der Waals surface area contributed by atoms with Gasteiger partial charge in [0.2, 0.25) is 0 Å². The Morgan fingerprint density at radius 1 is 1.14 bits per heavy atom. The van der Waals surface area contributed by atoms with E-state index in [-0.39, 0.29) is 5.91 Å². The third kappa shape index (κ3) is 3.22. The average Bonchev–Trinajstić information content (AvgIpc) is 2.59. The quantitative estimate of drug-likeness (QED) is 0.698. The predicted molar refractivity (Wildman–Crippen MR) is 87.0 cm³/mol. The monoisotopic (exact) mass is 293 g/mol. The number of pyridine rings is 1. The molecule has 0 bridgehead atoms. The second-order valence-electron chi connectivity index (χ2n) is 5.54. The Hall–Kier alpha value is -2.49. The van der Waals surface area contributed by atoms with Gasteiger partial charge in [-0.1, -0.05) is 18.2 Å². The van der Waals surface area contributed by atoms with Crippen molar-refractivity contribution in [2.24, 2.45) is 5.10 Å². The third-order valence-electron chi connectivity index (χ3n) is 3.99. The standard InChI is InChI=1S/C18H19N3O/c1-13(20-21-18(22)17-8-4-5-11-19-17)15-10-9-14-6-2-3-7-16(14)12-15/h4-5,8-12H,2-3,6-7H2,1H3,(H,21,22)/b20-13+. The van der Waals surface area contributed by atoms with E-state index >= 15 is 0 Å².